The van der Waals surface area contributed by atoms with Crippen LogP contribution in [0.25, 0.3) is 0 Å². The molecule has 0 radical (unpaired) electrons. The molecule has 3 heteroatoms. The van der Waals surface area contributed by atoms with Gasteiger partial charge in [0.05, 0.1) is 12.7 Å². The molecule has 1 saturated heterocycles. The van der Waals surface area contributed by atoms with E-state index in [0.29, 0.717) is 6.10 Å². The molecule has 0 spiro atoms. The summed E-state index contributed by atoms with van der Waals surface area (Å²) in [5, 5.41) is 0.980. The minimum Gasteiger partial charge on any atom is -0.375 e. The van der Waals surface area contributed by atoms with E-state index in [2.05, 4.69) is 20.8 Å². The molecule has 1 unspecified atom stereocenters. The number of ether oxygens (including phenoxy) is 1. The topological polar surface area (TPSA) is 12.5 Å². The molecule has 1 aliphatic carbocycles. The van der Waals surface area contributed by atoms with Crippen molar-refractivity contribution in [2.75, 3.05) is 31.6 Å². The third kappa shape index (κ3) is 2.44. The molecule has 0 aromatic rings. The van der Waals surface area contributed by atoms with Crippen LogP contribution in [0.4, 0.5) is 0 Å². The van der Waals surface area contributed by atoms with Crippen LogP contribution < -0.4 is 0 Å². The summed E-state index contributed by atoms with van der Waals surface area (Å²) in [5.74, 6) is 1.01. The molecule has 0 bridgehead atoms. The Bertz CT molecular complexity index is 149. The SMILES string of the molecule is BrCC1CN(CC2CC2)CCO1. The Hall–Kier alpha value is 0.400. The van der Waals surface area contributed by atoms with E-state index in [0.717, 1.165) is 30.9 Å². The van der Waals surface area contributed by atoms with Crippen LogP contribution in [-0.4, -0.2) is 42.6 Å². The lowest BCUT2D eigenvalue weighted by molar-refractivity contribution is -0.0165. The number of alkyl halides is 1. The van der Waals surface area contributed by atoms with Gasteiger partial charge < -0.3 is 4.74 Å². The molecule has 0 aromatic carbocycles. The van der Waals surface area contributed by atoms with Crippen LogP contribution in [0.15, 0.2) is 0 Å². The fraction of sp³-hybridized carbons (Fsp3) is 1.00. The molecule has 2 nitrogen and oxygen atoms in total. The van der Waals surface area contributed by atoms with E-state index in [4.69, 9.17) is 4.74 Å². The van der Waals surface area contributed by atoms with Crippen LogP contribution in [0.2, 0.25) is 0 Å². The monoisotopic (exact) mass is 233 g/mol. The fourth-order valence-corrected chi connectivity index (χ4v) is 2.10. The molecule has 1 heterocycles. The zero-order valence-corrected chi connectivity index (χ0v) is 8.92. The minimum absolute atomic E-state index is 0.428. The van der Waals surface area contributed by atoms with E-state index in [1.165, 1.54) is 19.4 Å². The van der Waals surface area contributed by atoms with Crippen molar-refractivity contribution in [2.24, 2.45) is 5.92 Å². The first-order valence-corrected chi connectivity index (χ1v) is 5.90. The lowest BCUT2D eigenvalue weighted by Crippen LogP contribution is -2.43. The Labute approximate surface area is 82.4 Å². The Morgan fingerprint density at radius 1 is 1.42 bits per heavy atom. The van der Waals surface area contributed by atoms with Crippen molar-refractivity contribution in [3.05, 3.63) is 0 Å². The molecule has 2 aliphatic rings. The van der Waals surface area contributed by atoms with Gasteiger partial charge in [-0.15, -0.1) is 0 Å². The molecular weight excluding hydrogens is 218 g/mol. The molecule has 0 N–H and O–H groups in total. The summed E-state index contributed by atoms with van der Waals surface area (Å²) in [5.41, 5.74) is 0. The standard InChI is InChI=1S/C9H16BrNO/c10-5-9-7-11(3-4-12-9)6-8-1-2-8/h8-9H,1-7H2. The third-order valence-electron chi connectivity index (χ3n) is 2.61. The maximum Gasteiger partial charge on any atom is 0.0799 e. The minimum atomic E-state index is 0.428. The predicted octanol–water partition coefficient (Wildman–Crippen LogP) is 1.49. The highest BCUT2D eigenvalue weighted by Gasteiger charge is 2.27. The van der Waals surface area contributed by atoms with Crippen LogP contribution in [-0.2, 0) is 4.74 Å². The predicted molar refractivity (Wildman–Crippen MR) is 52.7 cm³/mol. The second-order valence-corrected chi connectivity index (χ2v) is 4.50. The van der Waals surface area contributed by atoms with Crippen LogP contribution in [0.3, 0.4) is 0 Å². The van der Waals surface area contributed by atoms with Gasteiger partial charge in [0.25, 0.3) is 0 Å². The first-order valence-electron chi connectivity index (χ1n) is 4.78. The van der Waals surface area contributed by atoms with Crippen LogP contribution >= 0.6 is 15.9 Å². The average Bonchev–Trinajstić information content (AvgIpc) is 2.89. The molecule has 70 valence electrons. The van der Waals surface area contributed by atoms with Gasteiger partial charge in [-0.05, 0) is 18.8 Å². The molecule has 0 amide bonds. The highest BCUT2D eigenvalue weighted by Crippen LogP contribution is 2.30. The van der Waals surface area contributed by atoms with Crippen molar-refractivity contribution in [1.82, 2.24) is 4.90 Å². The van der Waals surface area contributed by atoms with E-state index < -0.39 is 0 Å². The maximum absolute atomic E-state index is 5.57. The molecule has 2 fully saturated rings. The normalized spacial score (nSPS) is 32.2. The number of rotatable bonds is 3. The quantitative estimate of drug-likeness (QED) is 0.686. The second kappa shape index (κ2) is 4.07. The molecule has 1 saturated carbocycles. The van der Waals surface area contributed by atoms with Gasteiger partial charge in [0.1, 0.15) is 0 Å². The summed E-state index contributed by atoms with van der Waals surface area (Å²) in [4.78, 5) is 2.55. The Morgan fingerprint density at radius 2 is 2.25 bits per heavy atom. The van der Waals surface area contributed by atoms with Gasteiger partial charge in [0, 0.05) is 25.0 Å². The van der Waals surface area contributed by atoms with Crippen molar-refractivity contribution in [3.63, 3.8) is 0 Å². The Kier molecular flexibility index (Phi) is 3.05. The van der Waals surface area contributed by atoms with Gasteiger partial charge in [-0.3, -0.25) is 4.90 Å². The highest BCUT2D eigenvalue weighted by atomic mass is 79.9. The lowest BCUT2D eigenvalue weighted by Gasteiger charge is -2.31. The Morgan fingerprint density at radius 3 is 2.92 bits per heavy atom. The molecule has 0 aromatic heterocycles. The number of halogens is 1. The third-order valence-corrected chi connectivity index (χ3v) is 3.33. The van der Waals surface area contributed by atoms with Crippen molar-refractivity contribution in [3.8, 4) is 0 Å². The van der Waals surface area contributed by atoms with Gasteiger partial charge in [-0.1, -0.05) is 15.9 Å². The van der Waals surface area contributed by atoms with E-state index in [-0.39, 0.29) is 0 Å². The van der Waals surface area contributed by atoms with Crippen LogP contribution in [0.1, 0.15) is 12.8 Å². The second-order valence-electron chi connectivity index (χ2n) is 3.85. The zero-order chi connectivity index (χ0) is 8.39. The molecular formula is C9H16BrNO. The van der Waals surface area contributed by atoms with Crippen LogP contribution in [0, 0.1) is 5.92 Å². The van der Waals surface area contributed by atoms with E-state index in [9.17, 15) is 0 Å². The van der Waals surface area contributed by atoms with Gasteiger partial charge in [0.15, 0.2) is 0 Å². The maximum atomic E-state index is 5.57. The van der Waals surface area contributed by atoms with E-state index in [1.807, 2.05) is 0 Å². The van der Waals surface area contributed by atoms with E-state index in [1.54, 1.807) is 0 Å². The molecule has 12 heavy (non-hydrogen) atoms. The van der Waals surface area contributed by atoms with Crippen molar-refractivity contribution in [2.45, 2.75) is 18.9 Å². The van der Waals surface area contributed by atoms with E-state index >= 15 is 0 Å². The highest BCUT2D eigenvalue weighted by molar-refractivity contribution is 9.09. The van der Waals surface area contributed by atoms with Gasteiger partial charge in [-0.2, -0.15) is 0 Å². The summed E-state index contributed by atoms with van der Waals surface area (Å²) < 4.78 is 5.57. The number of hydrogen-bond acceptors (Lipinski definition) is 2. The summed E-state index contributed by atoms with van der Waals surface area (Å²) in [6.07, 6.45) is 3.34. The largest absolute Gasteiger partial charge is 0.375 e. The summed E-state index contributed by atoms with van der Waals surface area (Å²) in [6, 6.07) is 0. The van der Waals surface area contributed by atoms with Crippen molar-refractivity contribution < 1.29 is 4.74 Å². The molecule has 1 aliphatic heterocycles. The summed E-state index contributed by atoms with van der Waals surface area (Å²) >= 11 is 3.47. The number of hydrogen-bond donors (Lipinski definition) is 0. The van der Waals surface area contributed by atoms with Gasteiger partial charge in [0.2, 0.25) is 0 Å². The average molecular weight is 234 g/mol. The lowest BCUT2D eigenvalue weighted by atomic mass is 10.3. The van der Waals surface area contributed by atoms with Gasteiger partial charge >= 0.3 is 0 Å². The summed E-state index contributed by atoms with van der Waals surface area (Å²) in [6.45, 7) is 4.50. The van der Waals surface area contributed by atoms with Crippen molar-refractivity contribution in [1.29, 1.82) is 0 Å². The Balaban J connectivity index is 1.73. The summed E-state index contributed by atoms with van der Waals surface area (Å²) in [7, 11) is 0. The smallest absolute Gasteiger partial charge is 0.0799 e. The zero-order valence-electron chi connectivity index (χ0n) is 7.34. The van der Waals surface area contributed by atoms with Crippen molar-refractivity contribution >= 4 is 15.9 Å². The molecule has 1 atom stereocenters. The first-order chi connectivity index (χ1) is 5.88. The number of morpholine rings is 1. The van der Waals surface area contributed by atoms with Gasteiger partial charge in [-0.25, -0.2) is 0 Å². The number of nitrogens with zero attached hydrogens (tertiary/aromatic N) is 1. The van der Waals surface area contributed by atoms with Crippen LogP contribution in [0.5, 0.6) is 0 Å². The fourth-order valence-electron chi connectivity index (χ4n) is 1.71. The first kappa shape index (κ1) is 8.97. The molecule has 2 rings (SSSR count).